The van der Waals surface area contributed by atoms with Crippen LogP contribution in [0.2, 0.25) is 0 Å². The van der Waals surface area contributed by atoms with Crippen LogP contribution in [0.4, 0.5) is 5.69 Å². The summed E-state index contributed by atoms with van der Waals surface area (Å²) < 4.78 is 14.7. The quantitative estimate of drug-likeness (QED) is 0.110. The molecule has 0 saturated heterocycles. The highest BCUT2D eigenvalue weighted by atomic mass is 127. The van der Waals surface area contributed by atoms with Crippen LogP contribution in [0.1, 0.15) is 45.8 Å². The van der Waals surface area contributed by atoms with Gasteiger partial charge in [0.25, 0.3) is 11.2 Å². The van der Waals surface area contributed by atoms with E-state index in [-0.39, 0.29) is 17.9 Å². The fraction of sp³-hybridized carbons (Fsp3) is 0.139. The Labute approximate surface area is 286 Å². The average Bonchev–Trinajstić information content (AvgIpc) is 3.40. The maximum Gasteiger partial charge on any atom is 0.271 e. The van der Waals surface area contributed by atoms with Crippen LogP contribution in [0.15, 0.2) is 100 Å². The Hall–Kier alpha value is -5.06. The number of aromatic nitrogens is 1. The summed E-state index contributed by atoms with van der Waals surface area (Å²) in [6.07, 6.45) is 3.28. The number of hydrogen-bond donors (Lipinski definition) is 0. The fourth-order valence-corrected chi connectivity index (χ4v) is 7.93. The molecule has 2 aliphatic rings. The van der Waals surface area contributed by atoms with Crippen molar-refractivity contribution in [3.8, 4) is 17.6 Å². The number of benzene rings is 4. The Kier molecular flexibility index (Phi) is 8.21. The Morgan fingerprint density at radius 3 is 2.72 bits per heavy atom. The predicted octanol–water partition coefficient (Wildman–Crippen LogP) is 6.29. The van der Waals surface area contributed by atoms with Gasteiger partial charge in [0.2, 0.25) is 0 Å². The van der Waals surface area contributed by atoms with Crippen LogP contribution in [-0.2, 0) is 13.0 Å². The first-order valence-electron chi connectivity index (χ1n) is 14.7. The number of non-ortho nitro benzene ring substituents is 1. The predicted molar refractivity (Wildman–Crippen MR) is 187 cm³/mol. The van der Waals surface area contributed by atoms with Gasteiger partial charge >= 0.3 is 0 Å². The highest BCUT2D eigenvalue weighted by Gasteiger charge is 2.33. The van der Waals surface area contributed by atoms with Crippen molar-refractivity contribution in [3.63, 3.8) is 0 Å². The molecule has 4 aromatic carbocycles. The van der Waals surface area contributed by atoms with Gasteiger partial charge in [-0.25, -0.2) is 4.99 Å². The molecular weight excluding hydrogens is 727 g/mol. The summed E-state index contributed by atoms with van der Waals surface area (Å²) >= 11 is 3.46. The lowest BCUT2D eigenvalue weighted by Gasteiger charge is -2.30. The summed E-state index contributed by atoms with van der Waals surface area (Å²) in [4.78, 5) is 31.1. The van der Waals surface area contributed by atoms with E-state index in [9.17, 15) is 20.2 Å². The smallest absolute Gasteiger partial charge is 0.271 e. The van der Waals surface area contributed by atoms with Crippen LogP contribution in [0.3, 0.4) is 0 Å². The van der Waals surface area contributed by atoms with Gasteiger partial charge < -0.3 is 9.47 Å². The number of hydrogen-bond acceptors (Lipinski definition) is 8. The van der Waals surface area contributed by atoms with Crippen molar-refractivity contribution in [1.82, 2.24) is 4.57 Å². The molecule has 0 saturated carbocycles. The molecule has 0 spiro atoms. The molecular formula is C36H25IN4O5S. The molecule has 11 heteroatoms. The molecule has 1 unspecified atom stereocenters. The lowest BCUT2D eigenvalue weighted by Crippen LogP contribution is -2.38. The lowest BCUT2D eigenvalue weighted by atomic mass is 9.83. The molecule has 47 heavy (non-hydrogen) atoms. The van der Waals surface area contributed by atoms with Gasteiger partial charge in [-0.2, -0.15) is 5.26 Å². The molecule has 0 bridgehead atoms. The molecule has 1 aliphatic carbocycles. The normalized spacial score (nSPS) is 15.2. The summed E-state index contributed by atoms with van der Waals surface area (Å²) in [5.74, 6) is 1.03. The number of ether oxygens (including phenoxy) is 2. The molecule has 7 rings (SSSR count). The summed E-state index contributed by atoms with van der Waals surface area (Å²) in [5.41, 5.74) is 6.47. The topological polar surface area (TPSA) is 120 Å². The molecule has 232 valence electrons. The molecule has 1 atom stereocenters. The average molecular weight is 753 g/mol. The first-order chi connectivity index (χ1) is 22.9. The number of allylic oxidation sites excluding steroid dienone is 1. The molecule has 0 radical (unpaired) electrons. The van der Waals surface area contributed by atoms with Gasteiger partial charge in [-0.15, -0.1) is 0 Å². The SMILES string of the molecule is COc1cc(/C=c2\sc3n(c2=O)C(c2cccc([N+](=O)[O-])c2)C2=C(N=3)c3ccccc3CC2)cc(I)c1OCc1ccccc1C#N. The molecule has 0 amide bonds. The Balaban J connectivity index is 1.34. The molecule has 5 aromatic rings. The van der Waals surface area contributed by atoms with Gasteiger partial charge in [0.15, 0.2) is 16.3 Å². The Morgan fingerprint density at radius 1 is 1.11 bits per heavy atom. The Morgan fingerprint density at radius 2 is 1.91 bits per heavy atom. The summed E-state index contributed by atoms with van der Waals surface area (Å²) in [5, 5.41) is 21.2. The van der Waals surface area contributed by atoms with Crippen molar-refractivity contribution in [1.29, 1.82) is 5.26 Å². The van der Waals surface area contributed by atoms with E-state index in [1.54, 1.807) is 29.9 Å². The first kappa shape index (κ1) is 30.6. The summed E-state index contributed by atoms with van der Waals surface area (Å²) in [7, 11) is 1.56. The minimum atomic E-state index is -0.529. The van der Waals surface area contributed by atoms with E-state index < -0.39 is 11.0 Å². The second kappa shape index (κ2) is 12.6. The number of nitrogens with zero attached hydrogens (tertiary/aromatic N) is 4. The zero-order chi connectivity index (χ0) is 32.7. The third-order valence-electron chi connectivity index (χ3n) is 8.33. The maximum absolute atomic E-state index is 14.2. The van der Waals surface area contributed by atoms with Crippen molar-refractivity contribution in [2.75, 3.05) is 7.11 Å². The van der Waals surface area contributed by atoms with E-state index in [1.807, 2.05) is 60.7 Å². The third-order valence-corrected chi connectivity index (χ3v) is 10.1. The number of nitro benzene ring substituents is 1. The van der Waals surface area contributed by atoms with Gasteiger partial charge in [-0.3, -0.25) is 19.5 Å². The highest BCUT2D eigenvalue weighted by Crippen LogP contribution is 2.42. The minimum Gasteiger partial charge on any atom is -0.493 e. The number of aryl methyl sites for hydroxylation is 1. The van der Waals surface area contributed by atoms with Crippen LogP contribution >= 0.6 is 33.9 Å². The third kappa shape index (κ3) is 5.64. The van der Waals surface area contributed by atoms with Crippen molar-refractivity contribution >= 4 is 51.4 Å². The van der Waals surface area contributed by atoms with Crippen LogP contribution in [0.25, 0.3) is 11.8 Å². The van der Waals surface area contributed by atoms with E-state index >= 15 is 0 Å². The summed E-state index contributed by atoms with van der Waals surface area (Å²) in [6.45, 7) is 0.194. The van der Waals surface area contributed by atoms with Crippen molar-refractivity contribution in [2.24, 2.45) is 4.99 Å². The fourth-order valence-electron chi connectivity index (χ4n) is 6.15. The molecule has 9 nitrogen and oxygen atoms in total. The van der Waals surface area contributed by atoms with Gasteiger partial charge in [0.1, 0.15) is 6.61 Å². The largest absolute Gasteiger partial charge is 0.493 e. The second-order valence-corrected chi connectivity index (χ2v) is 13.2. The van der Waals surface area contributed by atoms with Crippen LogP contribution in [-0.4, -0.2) is 16.6 Å². The molecule has 0 fully saturated rings. The van der Waals surface area contributed by atoms with Gasteiger partial charge in [0, 0.05) is 23.3 Å². The van der Waals surface area contributed by atoms with Crippen molar-refractivity contribution in [2.45, 2.75) is 25.5 Å². The van der Waals surface area contributed by atoms with Gasteiger partial charge in [-0.1, -0.05) is 65.9 Å². The van der Waals surface area contributed by atoms with E-state index in [2.05, 4.69) is 34.7 Å². The first-order valence-corrected chi connectivity index (χ1v) is 16.6. The Bertz CT molecular complexity index is 2350. The number of fused-ring (bicyclic) bond motifs is 3. The number of thiazole rings is 1. The molecule has 0 N–H and O–H groups in total. The number of rotatable bonds is 7. The maximum atomic E-state index is 14.2. The van der Waals surface area contributed by atoms with E-state index in [0.29, 0.717) is 38.4 Å². The van der Waals surface area contributed by atoms with E-state index in [1.165, 1.54) is 23.0 Å². The number of halogens is 1. The standard InChI is InChI=1S/C36H25IN4O5S/c1-45-30-16-21(15-29(37)34(30)46-20-25-9-3-2-8-24(25)19-38)17-31-35(42)40-33(23-10-6-11-26(18-23)41(43)44)28-14-13-22-7-4-5-12-27(22)32(28)39-36(40)47-31/h2-12,15-18,33H,13-14,20H2,1H3/b31-17-. The number of methoxy groups -OCH3 is 1. The monoisotopic (exact) mass is 752 g/mol. The van der Waals surface area contributed by atoms with Crippen molar-refractivity contribution in [3.05, 3.63) is 157 Å². The number of nitro groups is 1. The molecule has 1 aromatic heterocycles. The molecule has 2 heterocycles. The zero-order valence-corrected chi connectivity index (χ0v) is 27.9. The van der Waals surface area contributed by atoms with E-state index in [0.717, 1.165) is 38.0 Å². The molecule has 1 aliphatic heterocycles. The number of nitriles is 1. The second-order valence-electron chi connectivity index (χ2n) is 11.1. The van der Waals surface area contributed by atoms with Crippen LogP contribution in [0, 0.1) is 25.0 Å². The lowest BCUT2D eigenvalue weighted by molar-refractivity contribution is -0.384. The zero-order valence-electron chi connectivity index (χ0n) is 25.0. The summed E-state index contributed by atoms with van der Waals surface area (Å²) in [6, 6.07) is 27.3. The van der Waals surface area contributed by atoms with Gasteiger partial charge in [0.05, 0.1) is 43.5 Å². The van der Waals surface area contributed by atoms with Gasteiger partial charge in [-0.05, 0) is 82.0 Å². The van der Waals surface area contributed by atoms with Crippen LogP contribution < -0.4 is 24.4 Å². The minimum absolute atomic E-state index is 0.0277. The highest BCUT2D eigenvalue weighted by molar-refractivity contribution is 14.1. The van der Waals surface area contributed by atoms with E-state index in [4.69, 9.17) is 14.5 Å². The van der Waals surface area contributed by atoms with Crippen LogP contribution in [0.5, 0.6) is 11.5 Å². The van der Waals surface area contributed by atoms with Crippen molar-refractivity contribution < 1.29 is 14.4 Å².